The Morgan fingerprint density at radius 1 is 1.30 bits per heavy atom. The van der Waals surface area contributed by atoms with Gasteiger partial charge in [-0.05, 0) is 18.2 Å². The van der Waals surface area contributed by atoms with E-state index in [-0.39, 0.29) is 28.9 Å². The zero-order valence-corrected chi connectivity index (χ0v) is 12.3. The van der Waals surface area contributed by atoms with E-state index in [2.05, 4.69) is 25.5 Å². The van der Waals surface area contributed by atoms with Gasteiger partial charge in [0.05, 0.1) is 16.9 Å². The second-order valence-corrected chi connectivity index (χ2v) is 4.85. The minimum Gasteiger partial charge on any atom is -0.419 e. The quantitative estimate of drug-likeness (QED) is 0.788. The smallest absolute Gasteiger partial charge is 0.267 e. The second-order valence-electron chi connectivity index (χ2n) is 4.44. The van der Waals surface area contributed by atoms with Gasteiger partial charge >= 0.3 is 0 Å². The molecule has 116 valence electrons. The number of aromatic nitrogens is 4. The maximum absolute atomic E-state index is 13.2. The Hall–Kier alpha value is -2.87. The third-order valence-corrected chi connectivity index (χ3v) is 3.09. The molecule has 0 atom stereocenters. The van der Waals surface area contributed by atoms with Crippen LogP contribution in [0, 0.1) is 5.82 Å². The summed E-state index contributed by atoms with van der Waals surface area (Å²) in [7, 11) is 0. The van der Waals surface area contributed by atoms with E-state index >= 15 is 0 Å². The summed E-state index contributed by atoms with van der Waals surface area (Å²) in [6, 6.07) is 3.67. The summed E-state index contributed by atoms with van der Waals surface area (Å²) in [6.07, 6.45) is 4.28. The van der Waals surface area contributed by atoms with E-state index in [4.69, 9.17) is 16.0 Å². The predicted octanol–water partition coefficient (Wildman–Crippen LogP) is 2.50. The van der Waals surface area contributed by atoms with Gasteiger partial charge in [0.15, 0.2) is 0 Å². The molecule has 1 amide bonds. The second kappa shape index (κ2) is 6.49. The average molecular weight is 334 g/mol. The van der Waals surface area contributed by atoms with Gasteiger partial charge in [-0.15, -0.1) is 10.2 Å². The van der Waals surface area contributed by atoms with E-state index in [0.717, 1.165) is 6.07 Å². The van der Waals surface area contributed by atoms with Crippen LogP contribution >= 0.6 is 11.6 Å². The van der Waals surface area contributed by atoms with Crippen LogP contribution in [0.15, 0.2) is 41.2 Å². The van der Waals surface area contributed by atoms with Crippen molar-refractivity contribution in [3.05, 3.63) is 53.5 Å². The monoisotopic (exact) mass is 333 g/mol. The zero-order valence-electron chi connectivity index (χ0n) is 11.5. The van der Waals surface area contributed by atoms with Crippen LogP contribution in [-0.2, 0) is 11.2 Å². The normalized spacial score (nSPS) is 10.5. The maximum atomic E-state index is 13.2. The first-order valence-electron chi connectivity index (χ1n) is 6.45. The number of anilines is 1. The van der Waals surface area contributed by atoms with Crippen LogP contribution in [0.3, 0.4) is 0 Å². The third-order valence-electron chi connectivity index (χ3n) is 2.76. The van der Waals surface area contributed by atoms with E-state index < -0.39 is 11.7 Å². The number of halogens is 2. The Balaban J connectivity index is 1.69. The molecule has 0 spiro atoms. The van der Waals surface area contributed by atoms with Crippen LogP contribution in [0.25, 0.3) is 11.6 Å². The number of hydrogen-bond acceptors (Lipinski definition) is 6. The standard InChI is InChI=1S/C14H9ClFN5O2/c15-9-2-1-8(16)5-10(9)19-12(22)6-13-20-21-14(23-13)11-7-17-3-4-18-11/h1-5,7H,6H2,(H,19,22). The lowest BCUT2D eigenvalue weighted by molar-refractivity contribution is -0.115. The first-order chi connectivity index (χ1) is 11.1. The molecule has 0 aliphatic carbocycles. The number of benzene rings is 1. The molecule has 0 aliphatic heterocycles. The number of carbonyl (C=O) groups excluding carboxylic acids is 1. The SMILES string of the molecule is O=C(Cc1nnc(-c2cnccn2)o1)Nc1cc(F)ccc1Cl. The Bertz CT molecular complexity index is 840. The molecule has 0 unspecified atom stereocenters. The lowest BCUT2D eigenvalue weighted by Gasteiger charge is -2.05. The van der Waals surface area contributed by atoms with Crippen molar-refractivity contribution < 1.29 is 13.6 Å². The number of nitrogens with zero attached hydrogens (tertiary/aromatic N) is 4. The van der Waals surface area contributed by atoms with Crippen molar-refractivity contribution in [2.45, 2.75) is 6.42 Å². The lowest BCUT2D eigenvalue weighted by Crippen LogP contribution is -2.15. The summed E-state index contributed by atoms with van der Waals surface area (Å²) in [5, 5.41) is 10.3. The molecule has 9 heteroatoms. The fourth-order valence-corrected chi connectivity index (χ4v) is 1.93. The van der Waals surface area contributed by atoms with Crippen LogP contribution in [0.4, 0.5) is 10.1 Å². The van der Waals surface area contributed by atoms with Crippen LogP contribution in [-0.4, -0.2) is 26.1 Å². The molecule has 0 fully saturated rings. The van der Waals surface area contributed by atoms with Crippen molar-refractivity contribution in [1.82, 2.24) is 20.2 Å². The van der Waals surface area contributed by atoms with Gasteiger partial charge in [0.2, 0.25) is 11.8 Å². The first kappa shape index (κ1) is 15.0. The van der Waals surface area contributed by atoms with Crippen molar-refractivity contribution in [3.8, 4) is 11.6 Å². The highest BCUT2D eigenvalue weighted by Crippen LogP contribution is 2.22. The number of nitrogens with one attached hydrogen (secondary N) is 1. The van der Waals surface area contributed by atoms with Crippen molar-refractivity contribution >= 4 is 23.2 Å². The van der Waals surface area contributed by atoms with Crippen LogP contribution < -0.4 is 5.32 Å². The molecule has 2 aromatic heterocycles. The molecule has 0 bridgehead atoms. The molecule has 0 aliphatic rings. The van der Waals surface area contributed by atoms with E-state index in [0.29, 0.717) is 5.69 Å². The van der Waals surface area contributed by atoms with Gasteiger partial charge in [-0.3, -0.25) is 9.78 Å². The largest absolute Gasteiger partial charge is 0.419 e. The topological polar surface area (TPSA) is 93.8 Å². The molecule has 2 heterocycles. The molecule has 1 aromatic carbocycles. The molecule has 0 saturated heterocycles. The summed E-state index contributed by atoms with van der Waals surface area (Å²) in [5.41, 5.74) is 0.574. The van der Waals surface area contributed by atoms with E-state index in [1.807, 2.05) is 0 Å². The van der Waals surface area contributed by atoms with Crippen molar-refractivity contribution in [2.24, 2.45) is 0 Å². The number of amides is 1. The predicted molar refractivity (Wildman–Crippen MR) is 79.1 cm³/mol. The molecule has 3 aromatic rings. The highest BCUT2D eigenvalue weighted by molar-refractivity contribution is 6.33. The lowest BCUT2D eigenvalue weighted by atomic mass is 10.3. The minimum absolute atomic E-state index is 0.0932. The van der Waals surface area contributed by atoms with Gasteiger partial charge in [-0.2, -0.15) is 0 Å². The summed E-state index contributed by atoms with van der Waals surface area (Å²) < 4.78 is 18.5. The first-order valence-corrected chi connectivity index (χ1v) is 6.83. The molecule has 1 N–H and O–H groups in total. The number of hydrogen-bond donors (Lipinski definition) is 1. The molecular weight excluding hydrogens is 325 g/mol. The molecular formula is C14H9ClFN5O2. The summed E-state index contributed by atoms with van der Waals surface area (Å²) in [4.78, 5) is 19.8. The van der Waals surface area contributed by atoms with Gasteiger partial charge in [0.1, 0.15) is 17.9 Å². The van der Waals surface area contributed by atoms with Gasteiger partial charge in [-0.25, -0.2) is 9.37 Å². The van der Waals surface area contributed by atoms with Gasteiger partial charge < -0.3 is 9.73 Å². The van der Waals surface area contributed by atoms with Gasteiger partial charge in [-0.1, -0.05) is 11.6 Å². The Kier molecular flexibility index (Phi) is 4.24. The molecule has 23 heavy (non-hydrogen) atoms. The summed E-state index contributed by atoms with van der Waals surface area (Å²) in [6.45, 7) is 0. The fraction of sp³-hybridized carbons (Fsp3) is 0.0714. The zero-order chi connectivity index (χ0) is 16.2. The van der Waals surface area contributed by atoms with Gasteiger partial charge in [0, 0.05) is 12.4 Å². The van der Waals surface area contributed by atoms with Crippen LogP contribution in [0.1, 0.15) is 5.89 Å². The van der Waals surface area contributed by atoms with E-state index in [9.17, 15) is 9.18 Å². The summed E-state index contributed by atoms with van der Waals surface area (Å²) in [5.74, 6) is -0.723. The van der Waals surface area contributed by atoms with Crippen LogP contribution in [0.2, 0.25) is 5.02 Å². The Morgan fingerprint density at radius 3 is 2.96 bits per heavy atom. The van der Waals surface area contributed by atoms with Crippen LogP contribution in [0.5, 0.6) is 0 Å². The minimum atomic E-state index is -0.507. The fourth-order valence-electron chi connectivity index (χ4n) is 1.76. The highest BCUT2D eigenvalue weighted by atomic mass is 35.5. The average Bonchev–Trinajstić information content (AvgIpc) is 3.00. The molecule has 3 rings (SSSR count). The van der Waals surface area contributed by atoms with Crippen molar-refractivity contribution in [3.63, 3.8) is 0 Å². The van der Waals surface area contributed by atoms with E-state index in [1.165, 1.54) is 30.7 Å². The van der Waals surface area contributed by atoms with Crippen molar-refractivity contribution in [1.29, 1.82) is 0 Å². The molecule has 7 nitrogen and oxygen atoms in total. The number of rotatable bonds is 4. The van der Waals surface area contributed by atoms with E-state index in [1.54, 1.807) is 0 Å². The maximum Gasteiger partial charge on any atom is 0.267 e. The molecule has 0 radical (unpaired) electrons. The van der Waals surface area contributed by atoms with Crippen molar-refractivity contribution in [2.75, 3.05) is 5.32 Å². The Labute approximate surface area is 134 Å². The summed E-state index contributed by atoms with van der Waals surface area (Å²) >= 11 is 5.88. The highest BCUT2D eigenvalue weighted by Gasteiger charge is 2.14. The van der Waals surface area contributed by atoms with Gasteiger partial charge in [0.25, 0.3) is 5.89 Å². The molecule has 0 saturated carbocycles. The third kappa shape index (κ3) is 3.67. The number of carbonyl (C=O) groups is 1. The Morgan fingerprint density at radius 2 is 2.17 bits per heavy atom.